The number of rotatable bonds is 5. The average Bonchev–Trinajstić information content (AvgIpc) is 2.85. The van der Waals surface area contributed by atoms with E-state index < -0.39 is 10.0 Å². The number of fused-ring (bicyclic) bond motifs is 1. The number of thioether (sulfide) groups is 1. The maximum absolute atomic E-state index is 13.0. The lowest BCUT2D eigenvalue weighted by Crippen LogP contribution is -2.51. The fourth-order valence-corrected chi connectivity index (χ4v) is 6.25. The zero-order valence-electron chi connectivity index (χ0n) is 18.8. The van der Waals surface area contributed by atoms with Crippen molar-refractivity contribution in [3.05, 3.63) is 63.9 Å². The minimum absolute atomic E-state index is 0.0219. The molecule has 0 aliphatic carbocycles. The number of nitrogens with zero attached hydrogens (tertiary/aromatic N) is 5. The minimum atomic E-state index is -3.82. The van der Waals surface area contributed by atoms with Crippen LogP contribution in [0.4, 0.5) is 0 Å². The quantitative estimate of drug-likeness (QED) is 0.389. The van der Waals surface area contributed by atoms with Crippen molar-refractivity contribution in [3.8, 4) is 6.07 Å². The average molecular weight is 498 g/mol. The van der Waals surface area contributed by atoms with Gasteiger partial charge in [0.2, 0.25) is 15.9 Å². The van der Waals surface area contributed by atoms with Crippen molar-refractivity contribution in [1.29, 1.82) is 5.26 Å². The van der Waals surface area contributed by atoms with Crippen LogP contribution in [0.3, 0.4) is 0 Å². The molecule has 2 heterocycles. The second kappa shape index (κ2) is 9.58. The van der Waals surface area contributed by atoms with Crippen LogP contribution in [0.1, 0.15) is 11.1 Å². The zero-order chi connectivity index (χ0) is 24.5. The predicted octanol–water partition coefficient (Wildman–Crippen LogP) is 1.74. The maximum atomic E-state index is 13.0. The Kier molecular flexibility index (Phi) is 6.74. The van der Waals surface area contributed by atoms with Crippen molar-refractivity contribution in [2.75, 3.05) is 31.9 Å². The van der Waals surface area contributed by atoms with E-state index in [0.717, 1.165) is 5.56 Å². The molecule has 2 aromatic carbocycles. The number of aryl methyl sites for hydroxylation is 1. The number of piperazine rings is 1. The zero-order valence-corrected chi connectivity index (χ0v) is 20.4. The number of nitriles is 1. The Hall–Kier alpha value is -3.20. The van der Waals surface area contributed by atoms with Gasteiger partial charge in [-0.2, -0.15) is 9.57 Å². The van der Waals surface area contributed by atoms with Gasteiger partial charge in [-0.25, -0.2) is 13.4 Å². The Morgan fingerprint density at radius 2 is 1.85 bits per heavy atom. The normalized spacial score (nSPS) is 14.8. The van der Waals surface area contributed by atoms with Crippen LogP contribution in [-0.2, 0) is 21.9 Å². The van der Waals surface area contributed by atoms with E-state index in [-0.39, 0.29) is 53.9 Å². The summed E-state index contributed by atoms with van der Waals surface area (Å²) in [4.78, 5) is 31.6. The third-order valence-corrected chi connectivity index (χ3v) is 8.70. The van der Waals surface area contributed by atoms with Crippen molar-refractivity contribution in [2.45, 2.75) is 17.0 Å². The molecule has 1 fully saturated rings. The highest BCUT2D eigenvalue weighted by molar-refractivity contribution is 7.99. The first-order chi connectivity index (χ1) is 16.2. The molecule has 0 atom stereocenters. The van der Waals surface area contributed by atoms with Gasteiger partial charge >= 0.3 is 0 Å². The Morgan fingerprint density at radius 3 is 2.56 bits per heavy atom. The minimum Gasteiger partial charge on any atom is -0.339 e. The summed E-state index contributed by atoms with van der Waals surface area (Å²) in [6.45, 7) is 2.69. The molecule has 34 heavy (non-hydrogen) atoms. The van der Waals surface area contributed by atoms with Crippen molar-refractivity contribution in [2.24, 2.45) is 7.05 Å². The van der Waals surface area contributed by atoms with Gasteiger partial charge in [0.15, 0.2) is 5.16 Å². The van der Waals surface area contributed by atoms with Crippen molar-refractivity contribution in [3.63, 3.8) is 0 Å². The van der Waals surface area contributed by atoms with E-state index in [9.17, 15) is 23.3 Å². The number of benzene rings is 2. The summed E-state index contributed by atoms with van der Waals surface area (Å²) in [5, 5.41) is 10.2. The number of amides is 1. The third-order valence-electron chi connectivity index (χ3n) is 5.73. The van der Waals surface area contributed by atoms with Gasteiger partial charge in [-0.05, 0) is 31.2 Å². The van der Waals surface area contributed by atoms with Crippen LogP contribution in [0.25, 0.3) is 10.9 Å². The molecule has 1 aliphatic rings. The van der Waals surface area contributed by atoms with Gasteiger partial charge in [-0.15, -0.1) is 0 Å². The molecule has 1 aromatic heterocycles. The second-order valence-corrected chi connectivity index (χ2v) is 10.8. The number of hydrogen-bond acceptors (Lipinski definition) is 7. The maximum Gasteiger partial charge on any atom is 0.261 e. The molecule has 0 saturated carbocycles. The van der Waals surface area contributed by atoms with Crippen LogP contribution < -0.4 is 5.56 Å². The van der Waals surface area contributed by atoms with Gasteiger partial charge in [-0.1, -0.05) is 35.5 Å². The van der Waals surface area contributed by atoms with E-state index in [1.165, 1.54) is 32.8 Å². The number of sulfonamides is 1. The molecule has 0 radical (unpaired) electrons. The molecule has 3 aromatic rings. The molecule has 0 N–H and O–H groups in total. The number of carbonyl (C=O) groups is 1. The molecule has 1 amide bonds. The standard InChI is InChI=1S/C23H23N5O4S2/c1-16-7-8-19-18(13-16)22(30)26(2)23(25-19)33-15-21(29)27-9-11-28(12-10-27)34(31,32)20-6-4-3-5-17(20)14-24/h3-8,13H,9-12,15H2,1-2H3. The Bertz CT molecular complexity index is 1470. The summed E-state index contributed by atoms with van der Waals surface area (Å²) in [6.07, 6.45) is 0. The predicted molar refractivity (Wildman–Crippen MR) is 129 cm³/mol. The third kappa shape index (κ3) is 4.57. The monoisotopic (exact) mass is 497 g/mol. The topological polar surface area (TPSA) is 116 Å². The van der Waals surface area contributed by atoms with Crippen LogP contribution >= 0.6 is 11.8 Å². The van der Waals surface area contributed by atoms with Gasteiger partial charge < -0.3 is 4.90 Å². The number of aromatic nitrogens is 2. The van der Waals surface area contributed by atoms with Gasteiger partial charge in [0.1, 0.15) is 6.07 Å². The molecule has 176 valence electrons. The fraction of sp³-hybridized carbons (Fsp3) is 0.304. The van der Waals surface area contributed by atoms with E-state index in [2.05, 4.69) is 4.98 Å². The smallest absolute Gasteiger partial charge is 0.261 e. The van der Waals surface area contributed by atoms with Crippen LogP contribution in [0, 0.1) is 18.3 Å². The largest absolute Gasteiger partial charge is 0.339 e. The van der Waals surface area contributed by atoms with Gasteiger partial charge in [0.05, 0.1) is 27.1 Å². The molecule has 9 nitrogen and oxygen atoms in total. The molecular weight excluding hydrogens is 474 g/mol. The summed E-state index contributed by atoms with van der Waals surface area (Å²) in [5.41, 5.74) is 1.49. The van der Waals surface area contributed by atoms with Crippen molar-refractivity contribution < 1.29 is 13.2 Å². The Labute approximate surface area is 201 Å². The summed E-state index contributed by atoms with van der Waals surface area (Å²) in [5.74, 6) is -0.0699. The summed E-state index contributed by atoms with van der Waals surface area (Å²) in [7, 11) is -2.19. The lowest BCUT2D eigenvalue weighted by Gasteiger charge is -2.34. The number of carbonyl (C=O) groups excluding carboxylic acids is 1. The molecule has 4 rings (SSSR count). The van der Waals surface area contributed by atoms with Gasteiger partial charge in [0.25, 0.3) is 5.56 Å². The highest BCUT2D eigenvalue weighted by Gasteiger charge is 2.31. The highest BCUT2D eigenvalue weighted by Crippen LogP contribution is 2.22. The molecule has 1 aliphatic heterocycles. The van der Waals surface area contributed by atoms with E-state index in [0.29, 0.717) is 16.1 Å². The van der Waals surface area contributed by atoms with Gasteiger partial charge in [0, 0.05) is 33.2 Å². The van der Waals surface area contributed by atoms with E-state index in [4.69, 9.17) is 0 Å². The Morgan fingerprint density at radius 1 is 1.15 bits per heavy atom. The van der Waals surface area contributed by atoms with E-state index in [1.807, 2.05) is 19.1 Å². The first kappa shape index (κ1) is 23.9. The van der Waals surface area contributed by atoms with Crippen molar-refractivity contribution >= 4 is 38.6 Å². The SMILES string of the molecule is Cc1ccc2nc(SCC(=O)N3CCN(S(=O)(=O)c4ccccc4C#N)CC3)n(C)c(=O)c2c1. The van der Waals surface area contributed by atoms with Crippen LogP contribution in [0.15, 0.2) is 57.3 Å². The summed E-state index contributed by atoms with van der Waals surface area (Å²) >= 11 is 1.18. The van der Waals surface area contributed by atoms with E-state index in [1.54, 1.807) is 36.2 Å². The lowest BCUT2D eigenvalue weighted by atomic mass is 10.2. The molecule has 1 saturated heterocycles. The fourth-order valence-electron chi connectivity index (χ4n) is 3.81. The Balaban J connectivity index is 1.41. The summed E-state index contributed by atoms with van der Waals surface area (Å²) in [6, 6.07) is 13.5. The van der Waals surface area contributed by atoms with Crippen LogP contribution in [0.5, 0.6) is 0 Å². The molecule has 11 heteroatoms. The van der Waals surface area contributed by atoms with Gasteiger partial charge in [-0.3, -0.25) is 14.2 Å². The molecule has 0 bridgehead atoms. The summed E-state index contributed by atoms with van der Waals surface area (Å²) < 4.78 is 28.7. The number of hydrogen-bond donors (Lipinski definition) is 0. The molecule has 0 unspecified atom stereocenters. The highest BCUT2D eigenvalue weighted by atomic mass is 32.2. The molecule has 0 spiro atoms. The first-order valence-electron chi connectivity index (χ1n) is 10.6. The lowest BCUT2D eigenvalue weighted by molar-refractivity contribution is -0.129. The van der Waals surface area contributed by atoms with Crippen molar-refractivity contribution in [1.82, 2.24) is 18.8 Å². The second-order valence-electron chi connectivity index (χ2n) is 7.96. The molecular formula is C23H23N5O4S2. The first-order valence-corrected chi connectivity index (χ1v) is 13.0. The van der Waals surface area contributed by atoms with Crippen LogP contribution in [0.2, 0.25) is 0 Å². The van der Waals surface area contributed by atoms with Crippen LogP contribution in [-0.4, -0.2) is 65.0 Å². The van der Waals surface area contributed by atoms with E-state index >= 15 is 0 Å².